The Morgan fingerprint density at radius 3 is 2.46 bits per heavy atom. The van der Waals surface area contributed by atoms with Crippen molar-refractivity contribution in [2.45, 2.75) is 55.5 Å². The molecule has 1 aliphatic heterocycles. The fraction of sp³-hybridized carbons (Fsp3) is 0.938. The number of ether oxygens (including phenoxy) is 1. The molecule has 1 aliphatic carbocycles. The third-order valence-corrected chi connectivity index (χ3v) is 7.60. The van der Waals surface area contributed by atoms with Crippen molar-refractivity contribution in [2.24, 2.45) is 10.9 Å². The van der Waals surface area contributed by atoms with Crippen LogP contribution in [0.4, 0.5) is 13.2 Å². The van der Waals surface area contributed by atoms with E-state index in [1.54, 1.807) is 0 Å². The van der Waals surface area contributed by atoms with Crippen LogP contribution in [0, 0.1) is 5.92 Å². The number of hydrogen-bond donors (Lipinski definition) is 2. The van der Waals surface area contributed by atoms with Gasteiger partial charge in [0.15, 0.2) is 15.8 Å². The number of nitrogens with zero attached hydrogens (tertiary/aromatic N) is 1. The Labute approximate surface area is 152 Å². The molecule has 1 saturated heterocycles. The van der Waals surface area contributed by atoms with Gasteiger partial charge in [0.2, 0.25) is 0 Å². The van der Waals surface area contributed by atoms with Crippen molar-refractivity contribution in [3.63, 3.8) is 0 Å². The van der Waals surface area contributed by atoms with Gasteiger partial charge < -0.3 is 15.4 Å². The summed E-state index contributed by atoms with van der Waals surface area (Å²) in [5.74, 6) is -0.961. The maximum absolute atomic E-state index is 13.0. The van der Waals surface area contributed by atoms with Gasteiger partial charge in [-0.3, -0.25) is 4.99 Å². The highest BCUT2D eigenvalue weighted by Crippen LogP contribution is 2.37. The minimum Gasteiger partial charge on any atom is -0.381 e. The Bertz CT molecular complexity index is 602. The molecule has 0 spiro atoms. The Morgan fingerprint density at radius 1 is 1.27 bits per heavy atom. The summed E-state index contributed by atoms with van der Waals surface area (Å²) in [6, 6.07) is -0.328. The van der Waals surface area contributed by atoms with Gasteiger partial charge in [-0.05, 0) is 32.1 Å². The highest BCUT2D eigenvalue weighted by atomic mass is 32.2. The lowest BCUT2D eigenvalue weighted by molar-refractivity contribution is -0.183. The van der Waals surface area contributed by atoms with Gasteiger partial charge in [-0.2, -0.15) is 13.2 Å². The molecular formula is C16H28F3N3O3S. The number of hydrogen-bond acceptors (Lipinski definition) is 4. The van der Waals surface area contributed by atoms with Crippen LogP contribution in [0.3, 0.4) is 0 Å². The van der Waals surface area contributed by atoms with Crippen LogP contribution >= 0.6 is 0 Å². The van der Waals surface area contributed by atoms with Crippen LogP contribution in [0.5, 0.6) is 0 Å². The van der Waals surface area contributed by atoms with Crippen LogP contribution < -0.4 is 10.6 Å². The SMILES string of the molecule is CN=C(NCC1(S(C)(=O)=O)CCOCC1)NC1CCCC(C(F)(F)F)C1. The molecule has 10 heteroatoms. The number of aliphatic imine (C=N–C) groups is 1. The predicted octanol–water partition coefficient (Wildman–Crippen LogP) is 1.87. The van der Waals surface area contributed by atoms with Crippen molar-refractivity contribution in [2.75, 3.05) is 33.1 Å². The van der Waals surface area contributed by atoms with E-state index in [4.69, 9.17) is 4.74 Å². The van der Waals surface area contributed by atoms with Crippen LogP contribution in [-0.2, 0) is 14.6 Å². The van der Waals surface area contributed by atoms with Crippen LogP contribution in [0.2, 0.25) is 0 Å². The first kappa shape index (κ1) is 21.3. The van der Waals surface area contributed by atoms with E-state index < -0.39 is 26.7 Å². The van der Waals surface area contributed by atoms with Crippen LogP contribution in [-0.4, -0.2) is 64.4 Å². The highest BCUT2D eigenvalue weighted by molar-refractivity contribution is 7.92. The summed E-state index contributed by atoms with van der Waals surface area (Å²) < 4.78 is 67.7. The van der Waals surface area contributed by atoms with Gasteiger partial charge in [0.1, 0.15) is 0 Å². The van der Waals surface area contributed by atoms with E-state index in [9.17, 15) is 21.6 Å². The molecule has 2 rings (SSSR count). The van der Waals surface area contributed by atoms with Gasteiger partial charge in [0, 0.05) is 39.1 Å². The Morgan fingerprint density at radius 2 is 1.92 bits per heavy atom. The summed E-state index contributed by atoms with van der Waals surface area (Å²) in [6.07, 6.45) is -0.891. The van der Waals surface area contributed by atoms with Crippen LogP contribution in [0.25, 0.3) is 0 Å². The zero-order chi connectivity index (χ0) is 19.4. The molecule has 2 N–H and O–H groups in total. The molecular weight excluding hydrogens is 371 g/mol. The average molecular weight is 399 g/mol. The summed E-state index contributed by atoms with van der Waals surface area (Å²) in [7, 11) is -1.80. The lowest BCUT2D eigenvalue weighted by atomic mass is 9.85. The standard InChI is InChI=1S/C16H28F3N3O3S/c1-20-14(22-13-5-3-4-12(10-13)16(17,18)19)21-11-15(26(2,23)24)6-8-25-9-7-15/h12-13H,3-11H2,1-2H3,(H2,20,21,22). The number of rotatable bonds is 4. The van der Waals surface area contributed by atoms with Crippen molar-refractivity contribution in [1.82, 2.24) is 10.6 Å². The quantitative estimate of drug-likeness (QED) is 0.557. The van der Waals surface area contributed by atoms with Crippen molar-refractivity contribution in [3.8, 4) is 0 Å². The number of sulfone groups is 1. The van der Waals surface area contributed by atoms with Gasteiger partial charge in [-0.25, -0.2) is 8.42 Å². The average Bonchev–Trinajstić information content (AvgIpc) is 2.58. The molecule has 2 fully saturated rings. The van der Waals surface area contributed by atoms with Gasteiger partial charge in [-0.1, -0.05) is 6.42 Å². The number of halogens is 3. The summed E-state index contributed by atoms with van der Waals surface area (Å²) in [6.45, 7) is 0.900. The molecule has 2 atom stereocenters. The van der Waals surface area contributed by atoms with Crippen molar-refractivity contribution in [1.29, 1.82) is 0 Å². The van der Waals surface area contributed by atoms with Crippen molar-refractivity contribution in [3.05, 3.63) is 0 Å². The van der Waals surface area contributed by atoms with E-state index in [2.05, 4.69) is 15.6 Å². The largest absolute Gasteiger partial charge is 0.391 e. The Kier molecular flexibility index (Phi) is 6.81. The summed E-state index contributed by atoms with van der Waals surface area (Å²) >= 11 is 0. The van der Waals surface area contributed by atoms with E-state index in [-0.39, 0.29) is 25.4 Å². The van der Waals surface area contributed by atoms with Crippen LogP contribution in [0.15, 0.2) is 4.99 Å². The van der Waals surface area contributed by atoms with E-state index in [0.29, 0.717) is 44.9 Å². The molecule has 0 amide bonds. The van der Waals surface area contributed by atoms with Crippen molar-refractivity contribution >= 4 is 15.8 Å². The molecule has 2 aliphatic rings. The second-order valence-corrected chi connectivity index (χ2v) is 9.65. The molecule has 0 radical (unpaired) electrons. The minimum atomic E-state index is -4.18. The topological polar surface area (TPSA) is 79.8 Å². The summed E-state index contributed by atoms with van der Waals surface area (Å²) in [4.78, 5) is 4.05. The normalized spacial score (nSPS) is 27.8. The van der Waals surface area contributed by atoms with E-state index in [0.717, 1.165) is 0 Å². The fourth-order valence-corrected chi connectivity index (χ4v) is 4.92. The number of guanidine groups is 1. The second kappa shape index (κ2) is 8.33. The molecule has 0 bridgehead atoms. The smallest absolute Gasteiger partial charge is 0.381 e. The molecule has 26 heavy (non-hydrogen) atoms. The van der Waals surface area contributed by atoms with Crippen molar-refractivity contribution < 1.29 is 26.3 Å². The first-order valence-electron chi connectivity index (χ1n) is 8.89. The zero-order valence-electron chi connectivity index (χ0n) is 15.2. The molecule has 0 aromatic heterocycles. The fourth-order valence-electron chi connectivity index (χ4n) is 3.67. The monoisotopic (exact) mass is 399 g/mol. The lowest BCUT2D eigenvalue weighted by Gasteiger charge is -2.36. The molecule has 0 aromatic rings. The lowest BCUT2D eigenvalue weighted by Crippen LogP contribution is -2.55. The Balaban J connectivity index is 1.97. The van der Waals surface area contributed by atoms with Gasteiger partial charge in [-0.15, -0.1) is 0 Å². The summed E-state index contributed by atoms with van der Waals surface area (Å²) in [5, 5.41) is 6.04. The first-order valence-corrected chi connectivity index (χ1v) is 10.8. The second-order valence-electron chi connectivity index (χ2n) is 7.24. The van der Waals surface area contributed by atoms with Gasteiger partial charge in [0.05, 0.1) is 10.7 Å². The molecule has 1 saturated carbocycles. The Hall–Kier alpha value is -1.03. The van der Waals surface area contributed by atoms with Gasteiger partial charge in [0.25, 0.3) is 0 Å². The molecule has 2 unspecified atom stereocenters. The predicted molar refractivity (Wildman–Crippen MR) is 93.9 cm³/mol. The maximum Gasteiger partial charge on any atom is 0.391 e. The molecule has 152 valence electrons. The minimum absolute atomic E-state index is 0.00919. The zero-order valence-corrected chi connectivity index (χ0v) is 16.0. The third-order valence-electron chi connectivity index (χ3n) is 5.47. The van der Waals surface area contributed by atoms with E-state index >= 15 is 0 Å². The highest BCUT2D eigenvalue weighted by Gasteiger charge is 2.43. The molecule has 1 heterocycles. The van der Waals surface area contributed by atoms with Crippen LogP contribution in [0.1, 0.15) is 38.5 Å². The number of alkyl halides is 3. The summed E-state index contributed by atoms with van der Waals surface area (Å²) in [5.41, 5.74) is 0. The van der Waals surface area contributed by atoms with E-state index in [1.165, 1.54) is 13.3 Å². The first-order chi connectivity index (χ1) is 12.1. The third kappa shape index (κ3) is 5.25. The maximum atomic E-state index is 13.0. The van der Waals surface area contributed by atoms with E-state index in [1.807, 2.05) is 0 Å². The molecule has 6 nitrogen and oxygen atoms in total. The van der Waals surface area contributed by atoms with Gasteiger partial charge >= 0.3 is 6.18 Å². The number of nitrogens with one attached hydrogen (secondary N) is 2. The molecule has 0 aromatic carbocycles.